The molecule has 0 spiro atoms. The smallest absolute Gasteiger partial charge is 0.164 e. The summed E-state index contributed by atoms with van der Waals surface area (Å²) in [6, 6.07) is 4.02. The maximum Gasteiger partial charge on any atom is 0.164 e. The van der Waals surface area contributed by atoms with Crippen LogP contribution in [0, 0.1) is 26.2 Å². The summed E-state index contributed by atoms with van der Waals surface area (Å²) in [6.45, 7) is 11.4. The van der Waals surface area contributed by atoms with E-state index < -0.39 is 5.41 Å². The van der Waals surface area contributed by atoms with Gasteiger partial charge in [-0.15, -0.1) is 0 Å². The van der Waals surface area contributed by atoms with Gasteiger partial charge >= 0.3 is 0 Å². The van der Waals surface area contributed by atoms with E-state index >= 15 is 0 Å². The highest BCUT2D eigenvalue weighted by Gasteiger charge is 2.20. The number of carbonyl (C=O) groups is 1. The van der Waals surface area contributed by atoms with Crippen LogP contribution >= 0.6 is 0 Å². The third-order valence-electron chi connectivity index (χ3n) is 2.94. The number of aryl methyl sites for hydroxylation is 3. The second-order valence-corrected chi connectivity index (χ2v) is 5.92. The number of hydrogen-bond donors (Lipinski definition) is 1. The van der Waals surface area contributed by atoms with Crippen molar-refractivity contribution in [2.75, 3.05) is 0 Å². The van der Waals surface area contributed by atoms with Gasteiger partial charge in [-0.05, 0) is 31.9 Å². The molecule has 0 bridgehead atoms. The van der Waals surface area contributed by atoms with E-state index in [1.54, 1.807) is 0 Å². The van der Waals surface area contributed by atoms with E-state index in [1.807, 2.05) is 53.7 Å². The molecule has 0 amide bonds. The molecule has 2 nitrogen and oxygen atoms in total. The van der Waals surface area contributed by atoms with Crippen molar-refractivity contribution in [2.24, 2.45) is 5.41 Å². The Kier molecular flexibility index (Phi) is 4.00. The lowest BCUT2D eigenvalue weighted by molar-refractivity contribution is -0.121. The van der Waals surface area contributed by atoms with Crippen molar-refractivity contribution in [2.45, 2.75) is 41.5 Å². The molecular formula is C16H22O2. The van der Waals surface area contributed by atoms with Crippen LogP contribution in [0.5, 0.6) is 0 Å². The van der Waals surface area contributed by atoms with Crippen molar-refractivity contribution in [3.8, 4) is 0 Å². The molecule has 1 aromatic carbocycles. The fraction of sp³-hybridized carbons (Fsp3) is 0.438. The van der Waals surface area contributed by atoms with Gasteiger partial charge in [-0.1, -0.05) is 38.5 Å². The van der Waals surface area contributed by atoms with Crippen LogP contribution in [0.2, 0.25) is 0 Å². The summed E-state index contributed by atoms with van der Waals surface area (Å²) in [5.74, 6) is -0.00991. The summed E-state index contributed by atoms with van der Waals surface area (Å²) in [4.78, 5) is 11.9. The average molecular weight is 246 g/mol. The zero-order valence-corrected chi connectivity index (χ0v) is 12.1. The molecular weight excluding hydrogens is 224 g/mol. The van der Waals surface area contributed by atoms with Crippen LogP contribution in [0.15, 0.2) is 18.2 Å². The number of allylic oxidation sites excluding steroid dienone is 1. The molecule has 0 radical (unpaired) electrons. The Balaban J connectivity index is 3.24. The van der Waals surface area contributed by atoms with Gasteiger partial charge in [-0.3, -0.25) is 4.79 Å². The van der Waals surface area contributed by atoms with Crippen molar-refractivity contribution in [3.05, 3.63) is 40.5 Å². The van der Waals surface area contributed by atoms with E-state index in [1.165, 1.54) is 6.08 Å². The molecule has 2 heteroatoms. The van der Waals surface area contributed by atoms with E-state index in [9.17, 15) is 9.90 Å². The number of rotatable bonds is 2. The number of hydrogen-bond acceptors (Lipinski definition) is 2. The molecule has 0 aromatic heterocycles. The first-order chi connectivity index (χ1) is 8.12. The maximum atomic E-state index is 11.9. The molecule has 0 fully saturated rings. The van der Waals surface area contributed by atoms with E-state index in [2.05, 4.69) is 0 Å². The van der Waals surface area contributed by atoms with Gasteiger partial charge in [0.25, 0.3) is 0 Å². The molecule has 1 N–H and O–H groups in total. The van der Waals surface area contributed by atoms with Crippen LogP contribution in [-0.2, 0) is 4.79 Å². The molecule has 0 aliphatic rings. The fourth-order valence-corrected chi connectivity index (χ4v) is 2.00. The first-order valence-corrected chi connectivity index (χ1v) is 6.16. The second-order valence-electron chi connectivity index (χ2n) is 5.92. The molecule has 98 valence electrons. The van der Waals surface area contributed by atoms with Crippen molar-refractivity contribution in [1.82, 2.24) is 0 Å². The highest BCUT2D eigenvalue weighted by molar-refractivity contribution is 5.99. The second kappa shape index (κ2) is 4.97. The van der Waals surface area contributed by atoms with Crippen molar-refractivity contribution >= 4 is 11.5 Å². The molecule has 18 heavy (non-hydrogen) atoms. The molecule has 1 rings (SSSR count). The number of benzene rings is 1. The average Bonchev–Trinajstić information content (AvgIpc) is 2.13. The normalized spacial score (nSPS) is 12.7. The van der Waals surface area contributed by atoms with E-state index in [-0.39, 0.29) is 11.5 Å². The first kappa shape index (κ1) is 14.5. The highest BCUT2D eigenvalue weighted by atomic mass is 16.3. The zero-order valence-electron chi connectivity index (χ0n) is 12.1. The van der Waals surface area contributed by atoms with E-state index in [4.69, 9.17) is 0 Å². The van der Waals surface area contributed by atoms with E-state index in [0.29, 0.717) is 0 Å². The van der Waals surface area contributed by atoms with Gasteiger partial charge in [-0.2, -0.15) is 0 Å². The molecule has 0 aliphatic heterocycles. The van der Waals surface area contributed by atoms with Gasteiger partial charge in [0.15, 0.2) is 5.78 Å². The number of carbonyl (C=O) groups excluding carboxylic acids is 1. The quantitative estimate of drug-likeness (QED) is 0.629. The number of aliphatic hydroxyl groups is 1. The summed E-state index contributed by atoms with van der Waals surface area (Å²) < 4.78 is 0. The Labute approximate surface area is 109 Å². The zero-order chi connectivity index (χ0) is 14.1. The number of aliphatic hydroxyl groups excluding tert-OH is 1. The predicted molar refractivity (Wildman–Crippen MR) is 75.7 cm³/mol. The lowest BCUT2D eigenvalue weighted by Gasteiger charge is -2.15. The van der Waals surface area contributed by atoms with Crippen LogP contribution < -0.4 is 0 Å². The molecule has 0 saturated heterocycles. The molecule has 0 unspecified atom stereocenters. The molecule has 1 aromatic rings. The third kappa shape index (κ3) is 3.22. The Bertz CT molecular complexity index is 479. The molecule has 0 atom stereocenters. The predicted octanol–water partition coefficient (Wildman–Crippen LogP) is 4.13. The summed E-state index contributed by atoms with van der Waals surface area (Å²) in [6.07, 6.45) is 1.34. The summed E-state index contributed by atoms with van der Waals surface area (Å²) >= 11 is 0. The Hall–Kier alpha value is -1.57. The molecule has 0 heterocycles. The van der Waals surface area contributed by atoms with Gasteiger partial charge in [0.1, 0.15) is 5.76 Å². The fourth-order valence-electron chi connectivity index (χ4n) is 2.00. The van der Waals surface area contributed by atoms with Gasteiger partial charge in [0, 0.05) is 17.1 Å². The van der Waals surface area contributed by atoms with Crippen LogP contribution in [0.25, 0.3) is 5.76 Å². The lowest BCUT2D eigenvalue weighted by atomic mass is 9.89. The van der Waals surface area contributed by atoms with Crippen molar-refractivity contribution in [3.63, 3.8) is 0 Å². The summed E-state index contributed by atoms with van der Waals surface area (Å²) in [5.41, 5.74) is 3.42. The lowest BCUT2D eigenvalue weighted by Crippen LogP contribution is -2.18. The Morgan fingerprint density at radius 1 is 1.11 bits per heavy atom. The third-order valence-corrected chi connectivity index (χ3v) is 2.94. The van der Waals surface area contributed by atoms with Crippen LogP contribution in [0.3, 0.4) is 0 Å². The van der Waals surface area contributed by atoms with Gasteiger partial charge in [0.05, 0.1) is 0 Å². The van der Waals surface area contributed by atoms with Crippen LogP contribution in [-0.4, -0.2) is 10.9 Å². The number of ketones is 1. The summed E-state index contributed by atoms with van der Waals surface area (Å²) in [7, 11) is 0. The van der Waals surface area contributed by atoms with Crippen molar-refractivity contribution < 1.29 is 9.90 Å². The SMILES string of the molecule is Cc1cc(C)c(C(O)=CC(=O)C(C)(C)C)c(C)c1. The molecule has 0 saturated carbocycles. The standard InChI is InChI=1S/C16H22O2/c1-10-7-11(2)15(12(3)8-10)13(17)9-14(18)16(4,5)6/h7-9,17H,1-6H3. The molecule has 0 aliphatic carbocycles. The van der Waals surface area contributed by atoms with E-state index in [0.717, 1.165) is 22.3 Å². The minimum absolute atomic E-state index is 0.0601. The van der Waals surface area contributed by atoms with Crippen LogP contribution in [0.4, 0.5) is 0 Å². The van der Waals surface area contributed by atoms with Gasteiger partial charge < -0.3 is 5.11 Å². The topological polar surface area (TPSA) is 37.3 Å². The van der Waals surface area contributed by atoms with Gasteiger partial charge in [0.2, 0.25) is 0 Å². The Morgan fingerprint density at radius 2 is 1.56 bits per heavy atom. The monoisotopic (exact) mass is 246 g/mol. The van der Waals surface area contributed by atoms with Crippen molar-refractivity contribution in [1.29, 1.82) is 0 Å². The van der Waals surface area contributed by atoms with Crippen LogP contribution in [0.1, 0.15) is 43.0 Å². The van der Waals surface area contributed by atoms with Gasteiger partial charge in [-0.25, -0.2) is 0 Å². The summed E-state index contributed by atoms with van der Waals surface area (Å²) in [5, 5.41) is 10.1. The maximum absolute atomic E-state index is 11.9. The first-order valence-electron chi connectivity index (χ1n) is 6.16. The Morgan fingerprint density at radius 3 is 1.94 bits per heavy atom. The minimum atomic E-state index is -0.472. The highest BCUT2D eigenvalue weighted by Crippen LogP contribution is 2.24. The minimum Gasteiger partial charge on any atom is -0.507 e. The largest absolute Gasteiger partial charge is 0.507 e.